The van der Waals surface area contributed by atoms with E-state index in [1.807, 2.05) is 13.8 Å². The van der Waals surface area contributed by atoms with Crippen LogP contribution in [0.5, 0.6) is 0 Å². The normalized spacial score (nSPS) is 25.6. The summed E-state index contributed by atoms with van der Waals surface area (Å²) in [7, 11) is 0. The van der Waals surface area contributed by atoms with Gasteiger partial charge in [-0.1, -0.05) is 19.8 Å². The summed E-state index contributed by atoms with van der Waals surface area (Å²) in [5.74, 6) is -1.57. The van der Waals surface area contributed by atoms with Crippen molar-refractivity contribution in [2.75, 3.05) is 6.54 Å². The van der Waals surface area contributed by atoms with Gasteiger partial charge in [-0.2, -0.15) is 13.2 Å². The van der Waals surface area contributed by atoms with Gasteiger partial charge < -0.3 is 9.73 Å². The van der Waals surface area contributed by atoms with Crippen LogP contribution >= 0.6 is 0 Å². The number of nitrogens with one attached hydrogen (secondary N) is 1. The van der Waals surface area contributed by atoms with Crippen LogP contribution in [0.25, 0.3) is 0 Å². The first-order valence-electron chi connectivity index (χ1n) is 7.06. The van der Waals surface area contributed by atoms with Crippen molar-refractivity contribution in [3.05, 3.63) is 11.8 Å². The second kappa shape index (κ2) is 6.11. The Kier molecular flexibility index (Phi) is 4.67. The van der Waals surface area contributed by atoms with Crippen molar-refractivity contribution in [3.8, 4) is 0 Å². The van der Waals surface area contributed by atoms with Crippen molar-refractivity contribution in [1.82, 2.24) is 15.5 Å². The molecule has 0 spiro atoms. The molecule has 0 bridgehead atoms. The van der Waals surface area contributed by atoms with E-state index in [0.717, 1.165) is 13.0 Å². The highest BCUT2D eigenvalue weighted by Gasteiger charge is 2.47. The summed E-state index contributed by atoms with van der Waals surface area (Å²) in [4.78, 5) is 0. The molecule has 0 amide bonds. The summed E-state index contributed by atoms with van der Waals surface area (Å²) < 4.78 is 44.7. The molecular weight excluding hydrogens is 271 g/mol. The molecule has 1 aliphatic carbocycles. The fourth-order valence-electron chi connectivity index (χ4n) is 2.78. The Hall–Kier alpha value is -1.11. The Morgan fingerprint density at radius 1 is 1.30 bits per heavy atom. The topological polar surface area (TPSA) is 51.0 Å². The minimum atomic E-state index is -4.20. The van der Waals surface area contributed by atoms with Gasteiger partial charge in [0.05, 0.1) is 12.0 Å². The zero-order valence-corrected chi connectivity index (χ0v) is 11.7. The maximum Gasteiger partial charge on any atom is 0.392 e. The van der Waals surface area contributed by atoms with E-state index in [2.05, 4.69) is 15.5 Å². The van der Waals surface area contributed by atoms with Crippen molar-refractivity contribution in [2.24, 2.45) is 5.92 Å². The lowest BCUT2D eigenvalue weighted by atomic mass is 9.79. The minimum Gasteiger partial charge on any atom is -0.423 e. The van der Waals surface area contributed by atoms with Crippen molar-refractivity contribution < 1.29 is 17.6 Å². The highest BCUT2D eigenvalue weighted by molar-refractivity contribution is 5.00. The van der Waals surface area contributed by atoms with Crippen LogP contribution in [-0.4, -0.2) is 22.9 Å². The standard InChI is InChI=1S/C13H20F3N3O/c1-3-17-8(2)11-18-19-12(20-11)9-6-4-5-7-10(9)13(14,15)16/h8-10,17H,3-7H2,1-2H3. The number of hydrogen-bond acceptors (Lipinski definition) is 4. The molecule has 3 atom stereocenters. The number of aromatic nitrogens is 2. The number of halogens is 3. The molecule has 114 valence electrons. The lowest BCUT2D eigenvalue weighted by molar-refractivity contribution is -0.188. The summed E-state index contributed by atoms with van der Waals surface area (Å²) in [6.45, 7) is 4.52. The molecule has 0 aromatic carbocycles. The lowest BCUT2D eigenvalue weighted by Crippen LogP contribution is -2.31. The molecule has 1 heterocycles. The zero-order valence-electron chi connectivity index (χ0n) is 11.7. The fraction of sp³-hybridized carbons (Fsp3) is 0.846. The third kappa shape index (κ3) is 3.31. The maximum absolute atomic E-state index is 13.1. The summed E-state index contributed by atoms with van der Waals surface area (Å²) >= 11 is 0. The van der Waals surface area contributed by atoms with E-state index in [1.54, 1.807) is 0 Å². The van der Waals surface area contributed by atoms with E-state index in [0.29, 0.717) is 18.7 Å². The van der Waals surface area contributed by atoms with E-state index < -0.39 is 18.0 Å². The second-order valence-electron chi connectivity index (χ2n) is 5.30. The van der Waals surface area contributed by atoms with Crippen LogP contribution in [0.2, 0.25) is 0 Å². The molecule has 0 saturated heterocycles. The van der Waals surface area contributed by atoms with Crippen molar-refractivity contribution >= 4 is 0 Å². The molecule has 1 aromatic rings. The van der Waals surface area contributed by atoms with Gasteiger partial charge in [0, 0.05) is 5.92 Å². The van der Waals surface area contributed by atoms with Crippen LogP contribution in [0.1, 0.15) is 63.3 Å². The van der Waals surface area contributed by atoms with Crippen LogP contribution in [0.15, 0.2) is 4.42 Å². The smallest absolute Gasteiger partial charge is 0.392 e. The average molecular weight is 291 g/mol. The molecule has 1 aliphatic rings. The van der Waals surface area contributed by atoms with E-state index in [9.17, 15) is 13.2 Å². The van der Waals surface area contributed by atoms with Crippen molar-refractivity contribution in [1.29, 1.82) is 0 Å². The predicted molar refractivity (Wildman–Crippen MR) is 67.1 cm³/mol. The van der Waals surface area contributed by atoms with Gasteiger partial charge in [0.15, 0.2) is 0 Å². The Labute approximate surface area is 116 Å². The average Bonchev–Trinajstić information content (AvgIpc) is 2.87. The van der Waals surface area contributed by atoms with Gasteiger partial charge in [-0.25, -0.2) is 0 Å². The molecule has 0 aliphatic heterocycles. The Balaban J connectivity index is 2.16. The SMILES string of the molecule is CCNC(C)c1nnc(C2CCCCC2C(F)(F)F)o1. The van der Waals surface area contributed by atoms with Crippen LogP contribution < -0.4 is 5.32 Å². The Morgan fingerprint density at radius 3 is 2.65 bits per heavy atom. The predicted octanol–water partition coefficient (Wildman–Crippen LogP) is 3.58. The van der Waals surface area contributed by atoms with Crippen LogP contribution in [0, 0.1) is 5.92 Å². The summed E-state index contributed by atoms with van der Waals surface area (Å²) in [5, 5.41) is 10.8. The molecule has 1 aromatic heterocycles. The first kappa shape index (κ1) is 15.3. The number of hydrogen-bond donors (Lipinski definition) is 1. The summed E-state index contributed by atoms with van der Waals surface area (Å²) in [5.41, 5.74) is 0. The van der Waals surface area contributed by atoms with E-state index in [4.69, 9.17) is 4.42 Å². The fourth-order valence-corrected chi connectivity index (χ4v) is 2.78. The second-order valence-corrected chi connectivity index (χ2v) is 5.30. The van der Waals surface area contributed by atoms with Gasteiger partial charge in [-0.3, -0.25) is 0 Å². The molecule has 1 fully saturated rings. The zero-order chi connectivity index (χ0) is 14.8. The highest BCUT2D eigenvalue weighted by atomic mass is 19.4. The Bertz CT molecular complexity index is 433. The van der Waals surface area contributed by atoms with E-state index in [-0.39, 0.29) is 18.4 Å². The first-order valence-corrected chi connectivity index (χ1v) is 7.06. The number of rotatable bonds is 4. The van der Waals surface area contributed by atoms with Crippen molar-refractivity contribution in [2.45, 2.75) is 57.7 Å². The molecule has 4 nitrogen and oxygen atoms in total. The molecule has 2 rings (SSSR count). The lowest BCUT2D eigenvalue weighted by Gasteiger charge is -2.30. The van der Waals surface area contributed by atoms with Gasteiger partial charge in [0.25, 0.3) is 0 Å². The van der Waals surface area contributed by atoms with Gasteiger partial charge in [-0.05, 0) is 26.3 Å². The Morgan fingerprint density at radius 2 is 2.00 bits per heavy atom. The van der Waals surface area contributed by atoms with Gasteiger partial charge >= 0.3 is 6.18 Å². The largest absolute Gasteiger partial charge is 0.423 e. The van der Waals surface area contributed by atoms with Crippen molar-refractivity contribution in [3.63, 3.8) is 0 Å². The number of alkyl halides is 3. The highest BCUT2D eigenvalue weighted by Crippen LogP contribution is 2.46. The molecular formula is C13H20F3N3O. The third-order valence-corrected chi connectivity index (χ3v) is 3.84. The van der Waals surface area contributed by atoms with Crippen LogP contribution in [0.4, 0.5) is 13.2 Å². The first-order chi connectivity index (χ1) is 9.43. The monoisotopic (exact) mass is 291 g/mol. The number of nitrogens with zero attached hydrogens (tertiary/aromatic N) is 2. The van der Waals surface area contributed by atoms with Crippen LogP contribution in [0.3, 0.4) is 0 Å². The molecule has 0 radical (unpaired) electrons. The van der Waals surface area contributed by atoms with Gasteiger partial charge in [0.1, 0.15) is 0 Å². The quantitative estimate of drug-likeness (QED) is 0.921. The summed E-state index contributed by atoms with van der Waals surface area (Å²) in [6, 6.07) is -0.144. The van der Waals surface area contributed by atoms with E-state index in [1.165, 1.54) is 0 Å². The van der Waals surface area contributed by atoms with Gasteiger partial charge in [0.2, 0.25) is 11.8 Å². The molecule has 1 N–H and O–H groups in total. The third-order valence-electron chi connectivity index (χ3n) is 3.84. The molecule has 20 heavy (non-hydrogen) atoms. The summed E-state index contributed by atoms with van der Waals surface area (Å²) in [6.07, 6.45) is -2.21. The molecule has 7 heteroatoms. The molecule has 3 unspecified atom stereocenters. The van der Waals surface area contributed by atoms with Gasteiger partial charge in [-0.15, -0.1) is 10.2 Å². The van der Waals surface area contributed by atoms with E-state index >= 15 is 0 Å². The maximum atomic E-state index is 13.1. The van der Waals surface area contributed by atoms with Crippen LogP contribution in [-0.2, 0) is 0 Å². The molecule has 1 saturated carbocycles. The minimum absolute atomic E-state index is 0.131.